The zero-order valence-corrected chi connectivity index (χ0v) is 12.4. The lowest BCUT2D eigenvalue weighted by Gasteiger charge is -2.07. The number of rotatable bonds is 4. The summed E-state index contributed by atoms with van der Waals surface area (Å²) in [7, 11) is 0. The van der Waals surface area contributed by atoms with Crippen LogP contribution in [0.3, 0.4) is 0 Å². The second-order valence-corrected chi connectivity index (χ2v) is 5.58. The van der Waals surface area contributed by atoms with Gasteiger partial charge in [0, 0.05) is 16.3 Å². The van der Waals surface area contributed by atoms with E-state index < -0.39 is 0 Å². The molecule has 21 heavy (non-hydrogen) atoms. The van der Waals surface area contributed by atoms with Crippen LogP contribution in [0.4, 0.5) is 11.4 Å². The Morgan fingerprint density at radius 1 is 1.29 bits per heavy atom. The first kappa shape index (κ1) is 14.9. The van der Waals surface area contributed by atoms with Crippen molar-refractivity contribution in [3.05, 3.63) is 53.6 Å². The van der Waals surface area contributed by atoms with Crippen LogP contribution in [-0.2, 0) is 4.79 Å². The van der Waals surface area contributed by atoms with Crippen molar-refractivity contribution >= 4 is 29.0 Å². The quantitative estimate of drug-likeness (QED) is 0.671. The van der Waals surface area contributed by atoms with Gasteiger partial charge in [-0.2, -0.15) is 5.26 Å². The summed E-state index contributed by atoms with van der Waals surface area (Å²) < 4.78 is 0. The third-order valence-corrected chi connectivity index (χ3v) is 3.91. The van der Waals surface area contributed by atoms with Crippen molar-refractivity contribution in [3.8, 4) is 6.07 Å². The zero-order valence-electron chi connectivity index (χ0n) is 11.6. The molecular formula is C16H15N3OS. The van der Waals surface area contributed by atoms with E-state index >= 15 is 0 Å². The van der Waals surface area contributed by atoms with E-state index in [1.807, 2.05) is 31.2 Å². The van der Waals surface area contributed by atoms with Gasteiger partial charge in [0.05, 0.1) is 17.4 Å². The van der Waals surface area contributed by atoms with Gasteiger partial charge in [-0.05, 0) is 48.9 Å². The predicted octanol–water partition coefficient (Wildman–Crippen LogP) is 3.18. The topological polar surface area (TPSA) is 78.9 Å². The largest absolute Gasteiger partial charge is 0.398 e. The molecule has 0 bridgehead atoms. The van der Waals surface area contributed by atoms with Crippen molar-refractivity contribution in [2.45, 2.75) is 11.8 Å². The van der Waals surface area contributed by atoms with E-state index in [1.54, 1.807) is 24.3 Å². The SMILES string of the molecule is Cc1ccc(SCC(=O)Nc2ccc(C#N)cc2)c(N)c1. The van der Waals surface area contributed by atoms with Crippen LogP contribution in [0, 0.1) is 18.3 Å². The number of thioether (sulfide) groups is 1. The summed E-state index contributed by atoms with van der Waals surface area (Å²) >= 11 is 1.40. The lowest BCUT2D eigenvalue weighted by atomic mass is 10.2. The Morgan fingerprint density at radius 3 is 2.62 bits per heavy atom. The summed E-state index contributed by atoms with van der Waals surface area (Å²) in [4.78, 5) is 12.8. The number of benzene rings is 2. The third kappa shape index (κ3) is 4.26. The number of hydrogen-bond acceptors (Lipinski definition) is 4. The number of carbonyl (C=O) groups is 1. The first-order valence-corrected chi connectivity index (χ1v) is 7.36. The van der Waals surface area contributed by atoms with E-state index in [1.165, 1.54) is 11.8 Å². The molecule has 2 rings (SSSR count). The smallest absolute Gasteiger partial charge is 0.234 e. The third-order valence-electron chi connectivity index (χ3n) is 2.82. The second-order valence-electron chi connectivity index (χ2n) is 4.57. The van der Waals surface area contributed by atoms with E-state index in [-0.39, 0.29) is 11.7 Å². The van der Waals surface area contributed by atoms with Crippen LogP contribution >= 0.6 is 11.8 Å². The predicted molar refractivity (Wildman–Crippen MR) is 86.1 cm³/mol. The molecule has 4 nitrogen and oxygen atoms in total. The van der Waals surface area contributed by atoms with Crippen LogP contribution in [0.5, 0.6) is 0 Å². The van der Waals surface area contributed by atoms with E-state index in [2.05, 4.69) is 5.32 Å². The fourth-order valence-electron chi connectivity index (χ4n) is 1.77. The lowest BCUT2D eigenvalue weighted by molar-refractivity contribution is -0.113. The fraction of sp³-hybridized carbons (Fsp3) is 0.125. The van der Waals surface area contributed by atoms with Crippen molar-refractivity contribution in [1.82, 2.24) is 0 Å². The van der Waals surface area contributed by atoms with Crippen molar-refractivity contribution < 1.29 is 4.79 Å². The van der Waals surface area contributed by atoms with Crippen molar-refractivity contribution in [2.75, 3.05) is 16.8 Å². The number of carbonyl (C=O) groups excluding carboxylic acids is 1. The molecular weight excluding hydrogens is 282 g/mol. The highest BCUT2D eigenvalue weighted by Gasteiger charge is 2.06. The summed E-state index contributed by atoms with van der Waals surface area (Å²) in [6.07, 6.45) is 0. The maximum Gasteiger partial charge on any atom is 0.234 e. The number of nitrogens with zero attached hydrogens (tertiary/aromatic N) is 1. The molecule has 3 N–H and O–H groups in total. The molecule has 0 aliphatic carbocycles. The number of aryl methyl sites for hydroxylation is 1. The highest BCUT2D eigenvalue weighted by Crippen LogP contribution is 2.25. The molecule has 2 aromatic carbocycles. The van der Waals surface area contributed by atoms with Crippen LogP contribution in [0.1, 0.15) is 11.1 Å². The van der Waals surface area contributed by atoms with Crippen LogP contribution in [0.2, 0.25) is 0 Å². The molecule has 5 heteroatoms. The van der Waals surface area contributed by atoms with Crippen LogP contribution < -0.4 is 11.1 Å². The van der Waals surface area contributed by atoms with Gasteiger partial charge in [0.15, 0.2) is 0 Å². The first-order valence-electron chi connectivity index (χ1n) is 6.37. The van der Waals surface area contributed by atoms with Crippen LogP contribution in [-0.4, -0.2) is 11.7 Å². The molecule has 0 spiro atoms. The van der Waals surface area contributed by atoms with Gasteiger partial charge < -0.3 is 11.1 Å². The molecule has 0 aliphatic rings. The average molecular weight is 297 g/mol. The number of anilines is 2. The van der Waals surface area contributed by atoms with Crippen molar-refractivity contribution in [1.29, 1.82) is 5.26 Å². The molecule has 0 unspecified atom stereocenters. The fourth-order valence-corrected chi connectivity index (χ4v) is 2.52. The van der Waals surface area contributed by atoms with Gasteiger partial charge >= 0.3 is 0 Å². The van der Waals surface area contributed by atoms with Crippen molar-refractivity contribution in [3.63, 3.8) is 0 Å². The molecule has 1 amide bonds. The Labute approximate surface area is 128 Å². The molecule has 106 valence electrons. The molecule has 0 radical (unpaired) electrons. The molecule has 0 saturated heterocycles. The van der Waals surface area contributed by atoms with E-state index in [4.69, 9.17) is 11.0 Å². The Kier molecular flexibility index (Phi) is 4.85. The van der Waals surface area contributed by atoms with Crippen LogP contribution in [0.25, 0.3) is 0 Å². The number of nitrogens with two attached hydrogens (primary N) is 1. The molecule has 0 aromatic heterocycles. The summed E-state index contributed by atoms with van der Waals surface area (Å²) in [6, 6.07) is 14.6. The summed E-state index contributed by atoms with van der Waals surface area (Å²) in [5.41, 5.74) is 8.93. The Hall–Kier alpha value is -2.45. The monoisotopic (exact) mass is 297 g/mol. The second kappa shape index (κ2) is 6.82. The number of nitrogen functional groups attached to an aromatic ring is 1. The summed E-state index contributed by atoms with van der Waals surface area (Å²) in [5.74, 6) is 0.178. The molecule has 0 fully saturated rings. The van der Waals surface area contributed by atoms with Gasteiger partial charge in [-0.3, -0.25) is 4.79 Å². The molecule has 0 aliphatic heterocycles. The highest BCUT2D eigenvalue weighted by molar-refractivity contribution is 8.00. The standard InChI is InChI=1S/C16H15N3OS/c1-11-2-7-15(14(18)8-11)21-10-16(20)19-13-5-3-12(9-17)4-6-13/h2-8H,10,18H2,1H3,(H,19,20). The van der Waals surface area contributed by atoms with Gasteiger partial charge in [0.2, 0.25) is 5.91 Å². The average Bonchev–Trinajstić information content (AvgIpc) is 2.47. The summed E-state index contributed by atoms with van der Waals surface area (Å²) in [6.45, 7) is 1.97. The van der Waals surface area contributed by atoms with Gasteiger partial charge in [-0.1, -0.05) is 6.07 Å². The van der Waals surface area contributed by atoms with E-state index in [0.29, 0.717) is 16.9 Å². The minimum atomic E-state index is -0.107. The summed E-state index contributed by atoms with van der Waals surface area (Å²) in [5, 5.41) is 11.5. The number of nitrogens with one attached hydrogen (secondary N) is 1. The first-order chi connectivity index (χ1) is 10.1. The minimum Gasteiger partial charge on any atom is -0.398 e. The highest BCUT2D eigenvalue weighted by atomic mass is 32.2. The molecule has 0 heterocycles. The van der Waals surface area contributed by atoms with Gasteiger partial charge in [0.1, 0.15) is 0 Å². The number of hydrogen-bond donors (Lipinski definition) is 2. The maximum atomic E-state index is 11.9. The van der Waals surface area contributed by atoms with Gasteiger partial charge in [-0.15, -0.1) is 11.8 Å². The zero-order chi connectivity index (χ0) is 15.2. The Bertz CT molecular complexity index is 690. The van der Waals surface area contributed by atoms with E-state index in [0.717, 1.165) is 10.5 Å². The molecule has 2 aromatic rings. The number of amides is 1. The maximum absolute atomic E-state index is 11.9. The van der Waals surface area contributed by atoms with Crippen LogP contribution in [0.15, 0.2) is 47.4 Å². The van der Waals surface area contributed by atoms with Gasteiger partial charge in [-0.25, -0.2) is 0 Å². The lowest BCUT2D eigenvalue weighted by Crippen LogP contribution is -2.14. The van der Waals surface area contributed by atoms with Crippen molar-refractivity contribution in [2.24, 2.45) is 0 Å². The van der Waals surface area contributed by atoms with Gasteiger partial charge in [0.25, 0.3) is 0 Å². The Morgan fingerprint density at radius 2 is 2.00 bits per heavy atom. The number of nitriles is 1. The molecule has 0 saturated carbocycles. The molecule has 0 atom stereocenters. The van der Waals surface area contributed by atoms with E-state index in [9.17, 15) is 4.79 Å². The Balaban J connectivity index is 1.91. The normalized spacial score (nSPS) is 9.90. The minimum absolute atomic E-state index is 0.107.